The molecule has 5 nitrogen and oxygen atoms in total. The van der Waals surface area contributed by atoms with Gasteiger partial charge in [0.25, 0.3) is 0 Å². The molecule has 1 saturated carbocycles. The van der Waals surface area contributed by atoms with Crippen LogP contribution in [0.4, 0.5) is 5.82 Å². The molecule has 1 aromatic heterocycles. The van der Waals surface area contributed by atoms with Crippen LogP contribution in [0.25, 0.3) is 0 Å². The number of fused-ring (bicyclic) bond motifs is 1. The predicted molar refractivity (Wildman–Crippen MR) is 105 cm³/mol. The molecule has 3 heterocycles. The maximum absolute atomic E-state index is 13.2. The van der Waals surface area contributed by atoms with Crippen molar-refractivity contribution >= 4 is 11.7 Å². The minimum atomic E-state index is 0.0725. The van der Waals surface area contributed by atoms with E-state index >= 15 is 0 Å². The van der Waals surface area contributed by atoms with Crippen LogP contribution in [-0.4, -0.2) is 40.4 Å². The summed E-state index contributed by atoms with van der Waals surface area (Å²) in [6.07, 6.45) is 7.29. The lowest BCUT2D eigenvalue weighted by atomic mass is 9.94. The van der Waals surface area contributed by atoms with E-state index in [1.807, 2.05) is 12.3 Å². The maximum Gasteiger partial charge on any atom is 0.227 e. The predicted octanol–water partition coefficient (Wildman–Crippen LogP) is 3.16. The van der Waals surface area contributed by atoms with Gasteiger partial charge in [-0.25, -0.2) is 9.97 Å². The highest BCUT2D eigenvalue weighted by Gasteiger charge is 2.32. The van der Waals surface area contributed by atoms with Crippen LogP contribution in [0.5, 0.6) is 0 Å². The highest BCUT2D eigenvalue weighted by molar-refractivity contribution is 5.80. The van der Waals surface area contributed by atoms with Crippen molar-refractivity contribution in [2.45, 2.75) is 44.6 Å². The Hall–Kier alpha value is -2.43. The summed E-state index contributed by atoms with van der Waals surface area (Å²) in [7, 11) is 0. The molecule has 0 N–H and O–H groups in total. The second kappa shape index (κ2) is 6.95. The zero-order chi connectivity index (χ0) is 18.2. The van der Waals surface area contributed by atoms with E-state index in [9.17, 15) is 4.79 Å². The number of carbonyl (C=O) groups is 1. The second-order valence-electron chi connectivity index (χ2n) is 8.11. The van der Waals surface area contributed by atoms with Gasteiger partial charge >= 0.3 is 0 Å². The molecule has 0 spiro atoms. The molecule has 5 heteroatoms. The number of carbonyl (C=O) groups excluding carboxylic acids is 1. The Labute approximate surface area is 160 Å². The van der Waals surface area contributed by atoms with Gasteiger partial charge in [-0.3, -0.25) is 4.79 Å². The third-order valence-corrected chi connectivity index (χ3v) is 6.14. The fourth-order valence-corrected chi connectivity index (χ4v) is 4.41. The van der Waals surface area contributed by atoms with Crippen molar-refractivity contribution in [1.29, 1.82) is 0 Å². The van der Waals surface area contributed by atoms with Crippen LogP contribution >= 0.6 is 0 Å². The van der Waals surface area contributed by atoms with E-state index in [1.165, 1.54) is 24.0 Å². The van der Waals surface area contributed by atoms with E-state index in [-0.39, 0.29) is 5.92 Å². The summed E-state index contributed by atoms with van der Waals surface area (Å²) >= 11 is 0. The minimum Gasteiger partial charge on any atom is -0.356 e. The average Bonchev–Trinajstić information content (AvgIpc) is 3.58. The Morgan fingerprint density at radius 2 is 1.89 bits per heavy atom. The second-order valence-corrected chi connectivity index (χ2v) is 8.11. The van der Waals surface area contributed by atoms with Crippen LogP contribution in [0.1, 0.15) is 48.6 Å². The summed E-state index contributed by atoms with van der Waals surface area (Å²) in [5.74, 6) is 2.91. The highest BCUT2D eigenvalue weighted by atomic mass is 16.2. The van der Waals surface area contributed by atoms with Gasteiger partial charge in [0.15, 0.2) is 0 Å². The van der Waals surface area contributed by atoms with Crippen molar-refractivity contribution in [1.82, 2.24) is 14.9 Å². The smallest absolute Gasteiger partial charge is 0.227 e. The minimum absolute atomic E-state index is 0.0725. The van der Waals surface area contributed by atoms with Crippen molar-refractivity contribution in [3.8, 4) is 0 Å². The van der Waals surface area contributed by atoms with Gasteiger partial charge in [0.1, 0.15) is 11.6 Å². The number of aromatic nitrogens is 2. The van der Waals surface area contributed by atoms with Crippen LogP contribution in [0.15, 0.2) is 36.5 Å². The fourth-order valence-electron chi connectivity index (χ4n) is 4.41. The van der Waals surface area contributed by atoms with Gasteiger partial charge in [-0.15, -0.1) is 0 Å². The fraction of sp³-hybridized carbons (Fsp3) is 0.500. The number of anilines is 1. The van der Waals surface area contributed by atoms with E-state index in [0.29, 0.717) is 11.8 Å². The van der Waals surface area contributed by atoms with Gasteiger partial charge in [0, 0.05) is 38.3 Å². The molecule has 2 fully saturated rings. The lowest BCUT2D eigenvalue weighted by Crippen LogP contribution is -2.46. The van der Waals surface area contributed by atoms with Gasteiger partial charge in [0.2, 0.25) is 5.91 Å². The topological polar surface area (TPSA) is 49.3 Å². The number of piperidine rings is 1. The summed E-state index contributed by atoms with van der Waals surface area (Å²) in [4.78, 5) is 26.8. The number of rotatable bonds is 3. The molecule has 1 aliphatic carbocycles. The first kappa shape index (κ1) is 16.7. The first-order valence-corrected chi connectivity index (χ1v) is 10.2. The van der Waals surface area contributed by atoms with Crippen molar-refractivity contribution in [3.05, 3.63) is 53.5 Å². The Balaban J connectivity index is 1.28. The summed E-state index contributed by atoms with van der Waals surface area (Å²) in [5.41, 5.74) is 2.69. The lowest BCUT2D eigenvalue weighted by Gasteiger charge is -2.37. The van der Waals surface area contributed by atoms with Crippen LogP contribution < -0.4 is 4.90 Å². The number of hydrogen-bond acceptors (Lipinski definition) is 4. The quantitative estimate of drug-likeness (QED) is 0.842. The molecule has 5 rings (SSSR count). The third kappa shape index (κ3) is 3.43. The lowest BCUT2D eigenvalue weighted by molar-refractivity contribution is -0.136. The molecule has 2 aliphatic heterocycles. The molecule has 140 valence electrons. The Bertz CT molecular complexity index is 848. The molecule has 1 saturated heterocycles. The molecule has 2 aromatic rings. The molecule has 1 aromatic carbocycles. The SMILES string of the molecule is O=C(C1CCCN(c2ccnc(C3CC3)n2)C1)N1CCc2ccccc2C1. The maximum atomic E-state index is 13.2. The van der Waals surface area contributed by atoms with Crippen molar-refractivity contribution < 1.29 is 4.79 Å². The van der Waals surface area contributed by atoms with Crippen LogP contribution in [-0.2, 0) is 17.8 Å². The Kier molecular flexibility index (Phi) is 4.30. The molecular formula is C22H26N4O. The largest absolute Gasteiger partial charge is 0.356 e. The van der Waals surface area contributed by atoms with Crippen LogP contribution in [0.3, 0.4) is 0 Å². The van der Waals surface area contributed by atoms with E-state index in [1.54, 1.807) is 0 Å². The Morgan fingerprint density at radius 1 is 1.04 bits per heavy atom. The molecule has 0 radical (unpaired) electrons. The molecule has 1 atom stereocenters. The first-order valence-electron chi connectivity index (χ1n) is 10.2. The molecular weight excluding hydrogens is 336 g/mol. The molecule has 27 heavy (non-hydrogen) atoms. The number of nitrogens with zero attached hydrogens (tertiary/aromatic N) is 4. The monoisotopic (exact) mass is 362 g/mol. The van der Waals surface area contributed by atoms with E-state index < -0.39 is 0 Å². The first-order chi connectivity index (χ1) is 13.3. The van der Waals surface area contributed by atoms with E-state index in [2.05, 4.69) is 39.0 Å². The summed E-state index contributed by atoms with van der Waals surface area (Å²) in [5, 5.41) is 0. The van der Waals surface area contributed by atoms with E-state index in [4.69, 9.17) is 4.98 Å². The average molecular weight is 362 g/mol. The molecule has 0 bridgehead atoms. The van der Waals surface area contributed by atoms with Gasteiger partial charge < -0.3 is 9.80 Å². The van der Waals surface area contributed by atoms with Crippen molar-refractivity contribution in [3.63, 3.8) is 0 Å². The van der Waals surface area contributed by atoms with Gasteiger partial charge in [0.05, 0.1) is 5.92 Å². The van der Waals surface area contributed by atoms with Gasteiger partial charge in [-0.05, 0) is 49.3 Å². The summed E-state index contributed by atoms with van der Waals surface area (Å²) in [6.45, 7) is 3.35. The van der Waals surface area contributed by atoms with Crippen LogP contribution in [0.2, 0.25) is 0 Å². The number of amides is 1. The van der Waals surface area contributed by atoms with E-state index in [0.717, 1.165) is 57.1 Å². The zero-order valence-electron chi connectivity index (χ0n) is 15.7. The van der Waals surface area contributed by atoms with Gasteiger partial charge in [-0.1, -0.05) is 24.3 Å². The zero-order valence-corrected chi connectivity index (χ0v) is 15.7. The Morgan fingerprint density at radius 3 is 2.74 bits per heavy atom. The van der Waals surface area contributed by atoms with Crippen molar-refractivity contribution in [2.75, 3.05) is 24.5 Å². The molecule has 1 amide bonds. The van der Waals surface area contributed by atoms with Crippen LogP contribution in [0, 0.1) is 5.92 Å². The molecule has 1 unspecified atom stereocenters. The molecule has 3 aliphatic rings. The standard InChI is InChI=1S/C22H26N4O/c27-22(26-13-10-16-4-1-2-5-18(16)14-26)19-6-3-12-25(15-19)20-9-11-23-21(24-20)17-7-8-17/h1-2,4-5,9,11,17,19H,3,6-8,10,12-15H2. The third-order valence-electron chi connectivity index (χ3n) is 6.14. The summed E-state index contributed by atoms with van der Waals surface area (Å²) < 4.78 is 0. The van der Waals surface area contributed by atoms with Gasteiger partial charge in [-0.2, -0.15) is 0 Å². The number of hydrogen-bond donors (Lipinski definition) is 0. The number of benzene rings is 1. The normalized spacial score (nSPS) is 22.4. The summed E-state index contributed by atoms with van der Waals surface area (Å²) in [6, 6.07) is 10.5. The van der Waals surface area contributed by atoms with Crippen molar-refractivity contribution in [2.24, 2.45) is 5.92 Å². The highest BCUT2D eigenvalue weighted by Crippen LogP contribution is 2.38.